The maximum atomic E-state index is 14.8. The van der Waals surface area contributed by atoms with E-state index in [-0.39, 0.29) is 40.0 Å². The van der Waals surface area contributed by atoms with E-state index in [2.05, 4.69) is 15.0 Å². The van der Waals surface area contributed by atoms with Crippen LogP contribution in [-0.4, -0.2) is 28.7 Å². The number of nitrogens with zero attached hydrogens (tertiary/aromatic N) is 5. The molecule has 0 radical (unpaired) electrons. The normalized spacial score (nSPS) is 12.1. The highest BCUT2D eigenvalue weighted by Crippen LogP contribution is 2.31. The molecule has 162 valence electrons. The number of nitrogens with one attached hydrogen (secondary N) is 2. The molecule has 3 aromatic heterocycles. The third-order valence-electron chi connectivity index (χ3n) is 4.79. The summed E-state index contributed by atoms with van der Waals surface area (Å²) in [6.07, 6.45) is -3.86. The minimum absolute atomic E-state index is 0.0193. The Hall–Kier alpha value is -3.41. The molecule has 0 atom stereocenters. The summed E-state index contributed by atoms with van der Waals surface area (Å²) in [7, 11) is 2.85. The topological polar surface area (TPSA) is 97.3 Å². The van der Waals surface area contributed by atoms with Crippen LogP contribution < -0.4 is 11.2 Å². The molecule has 0 saturated heterocycles. The number of rotatable bonds is 3. The molecule has 8 nitrogen and oxygen atoms in total. The summed E-state index contributed by atoms with van der Waals surface area (Å²) in [6.45, 7) is -0.0193. The van der Waals surface area contributed by atoms with Crippen molar-refractivity contribution >= 4 is 22.8 Å². The molecule has 4 aromatic rings. The van der Waals surface area contributed by atoms with Crippen molar-refractivity contribution in [2.75, 3.05) is 0 Å². The van der Waals surface area contributed by atoms with E-state index >= 15 is 0 Å². The number of aromatic amines is 1. The Morgan fingerprint density at radius 2 is 1.94 bits per heavy atom. The molecule has 0 fully saturated rings. The van der Waals surface area contributed by atoms with Gasteiger partial charge in [-0.25, -0.2) is 9.37 Å². The molecule has 0 unspecified atom stereocenters. The molecule has 1 aromatic carbocycles. The number of fused-ring (bicyclic) bond motifs is 1. The monoisotopic (exact) mass is 455 g/mol. The lowest BCUT2D eigenvalue weighted by molar-refractivity contribution is -0.140. The zero-order chi connectivity index (χ0) is 22.7. The van der Waals surface area contributed by atoms with E-state index in [0.29, 0.717) is 5.56 Å². The molecule has 0 amide bonds. The fourth-order valence-electron chi connectivity index (χ4n) is 3.33. The van der Waals surface area contributed by atoms with Crippen molar-refractivity contribution in [1.29, 1.82) is 5.41 Å². The number of aromatic nitrogens is 6. The van der Waals surface area contributed by atoms with Crippen LogP contribution in [0.2, 0.25) is 5.28 Å². The Kier molecular flexibility index (Phi) is 4.76. The fourth-order valence-corrected chi connectivity index (χ4v) is 3.50. The zero-order valence-corrected chi connectivity index (χ0v) is 16.8. The molecule has 13 heteroatoms. The number of benzene rings is 1. The van der Waals surface area contributed by atoms with Gasteiger partial charge in [0.1, 0.15) is 11.6 Å². The molecule has 0 aliphatic heterocycles. The van der Waals surface area contributed by atoms with Gasteiger partial charge >= 0.3 is 6.18 Å². The number of hydrogen-bond donors (Lipinski definition) is 2. The van der Waals surface area contributed by atoms with Crippen LogP contribution in [0.15, 0.2) is 29.2 Å². The summed E-state index contributed by atoms with van der Waals surface area (Å²) in [5, 5.41) is 8.08. The van der Waals surface area contributed by atoms with Gasteiger partial charge in [-0.1, -0.05) is 6.07 Å². The van der Waals surface area contributed by atoms with Crippen LogP contribution >= 0.6 is 11.6 Å². The van der Waals surface area contributed by atoms with Gasteiger partial charge in [-0.2, -0.15) is 18.2 Å². The van der Waals surface area contributed by atoms with E-state index in [9.17, 15) is 22.4 Å². The predicted octanol–water partition coefficient (Wildman–Crippen LogP) is 2.80. The first-order valence-corrected chi connectivity index (χ1v) is 9.14. The number of halogens is 5. The minimum Gasteiger partial charge on any atom is -0.333 e. The van der Waals surface area contributed by atoms with Crippen molar-refractivity contribution in [2.24, 2.45) is 14.1 Å². The molecule has 0 bridgehead atoms. The predicted molar refractivity (Wildman–Crippen MR) is 103 cm³/mol. The second kappa shape index (κ2) is 7.08. The average Bonchev–Trinajstić information content (AvgIpc) is 3.16. The van der Waals surface area contributed by atoms with Crippen LogP contribution in [0.5, 0.6) is 0 Å². The van der Waals surface area contributed by atoms with E-state index in [1.807, 2.05) is 0 Å². The van der Waals surface area contributed by atoms with Crippen molar-refractivity contribution in [3.05, 3.63) is 62.7 Å². The smallest absolute Gasteiger partial charge is 0.333 e. The molecule has 3 heterocycles. The first-order chi connectivity index (χ1) is 14.5. The first kappa shape index (κ1) is 20.8. The molecule has 2 N–H and O–H groups in total. The van der Waals surface area contributed by atoms with Crippen LogP contribution in [0.1, 0.15) is 11.3 Å². The van der Waals surface area contributed by atoms with Crippen LogP contribution in [0.3, 0.4) is 0 Å². The highest BCUT2D eigenvalue weighted by molar-refractivity contribution is 6.28. The van der Waals surface area contributed by atoms with Gasteiger partial charge in [0.2, 0.25) is 10.9 Å². The maximum Gasteiger partial charge on any atom is 0.434 e. The third kappa shape index (κ3) is 3.52. The van der Waals surface area contributed by atoms with Crippen LogP contribution in [0, 0.1) is 11.2 Å². The maximum absolute atomic E-state index is 14.8. The largest absolute Gasteiger partial charge is 0.434 e. The van der Waals surface area contributed by atoms with E-state index in [1.54, 1.807) is 0 Å². The zero-order valence-electron chi connectivity index (χ0n) is 16.1. The van der Waals surface area contributed by atoms with E-state index < -0.39 is 23.2 Å². The fraction of sp³-hybridized carbons (Fsp3) is 0.222. The van der Waals surface area contributed by atoms with Crippen molar-refractivity contribution < 1.29 is 17.6 Å². The second-order valence-corrected chi connectivity index (χ2v) is 7.23. The van der Waals surface area contributed by atoms with Crippen LogP contribution in [-0.2, 0) is 26.8 Å². The Labute approximate surface area is 175 Å². The van der Waals surface area contributed by atoms with Crippen LogP contribution in [0.25, 0.3) is 22.6 Å². The van der Waals surface area contributed by atoms with Gasteiger partial charge in [0.15, 0.2) is 16.9 Å². The Balaban J connectivity index is 1.76. The number of aryl methyl sites for hydroxylation is 2. The van der Waals surface area contributed by atoms with Crippen molar-refractivity contribution in [3.63, 3.8) is 0 Å². The summed E-state index contributed by atoms with van der Waals surface area (Å²) in [5.41, 5.74) is -1.15. The lowest BCUT2D eigenvalue weighted by Crippen LogP contribution is -2.23. The summed E-state index contributed by atoms with van der Waals surface area (Å²) in [6, 6.07) is 3.95. The van der Waals surface area contributed by atoms with Gasteiger partial charge in [-0.15, -0.1) is 0 Å². The van der Waals surface area contributed by atoms with Crippen molar-refractivity contribution in [3.8, 4) is 11.4 Å². The van der Waals surface area contributed by atoms with Gasteiger partial charge < -0.3 is 9.13 Å². The van der Waals surface area contributed by atoms with Gasteiger partial charge in [0.05, 0.1) is 12.1 Å². The second-order valence-electron chi connectivity index (χ2n) is 6.87. The molecule has 0 spiro atoms. The Morgan fingerprint density at radius 3 is 2.55 bits per heavy atom. The minimum atomic E-state index is -4.64. The van der Waals surface area contributed by atoms with Crippen LogP contribution in [0.4, 0.5) is 17.6 Å². The quantitative estimate of drug-likeness (QED) is 0.367. The highest BCUT2D eigenvalue weighted by Gasteiger charge is 2.34. The SMILES string of the molecule is Cn1cc(C(F)(F)F)nc1-c1ccc(Cn2c(=N)n(C)c3c(=O)[nH]c(Cl)nc32)cc1F. The van der Waals surface area contributed by atoms with Gasteiger partial charge in [0, 0.05) is 20.3 Å². The lowest BCUT2D eigenvalue weighted by Gasteiger charge is -2.08. The van der Waals surface area contributed by atoms with Gasteiger partial charge in [-0.3, -0.25) is 19.8 Å². The number of imidazole rings is 2. The lowest BCUT2D eigenvalue weighted by atomic mass is 10.1. The molecule has 0 saturated carbocycles. The van der Waals surface area contributed by atoms with E-state index in [1.165, 1.54) is 35.4 Å². The van der Waals surface area contributed by atoms with E-state index in [0.717, 1.165) is 16.8 Å². The third-order valence-corrected chi connectivity index (χ3v) is 4.97. The molecule has 0 aliphatic carbocycles. The molecule has 0 aliphatic rings. The van der Waals surface area contributed by atoms with E-state index in [4.69, 9.17) is 17.0 Å². The Bertz CT molecular complexity index is 1440. The highest BCUT2D eigenvalue weighted by atomic mass is 35.5. The number of alkyl halides is 3. The summed E-state index contributed by atoms with van der Waals surface area (Å²) < 4.78 is 57.3. The molecule has 4 rings (SSSR count). The summed E-state index contributed by atoms with van der Waals surface area (Å²) in [5.74, 6) is -0.952. The molecular weight excluding hydrogens is 442 g/mol. The summed E-state index contributed by atoms with van der Waals surface area (Å²) in [4.78, 5) is 22.1. The van der Waals surface area contributed by atoms with Crippen molar-refractivity contribution in [2.45, 2.75) is 12.7 Å². The Morgan fingerprint density at radius 1 is 1.23 bits per heavy atom. The standard InChI is InChI=1S/C18H14ClF4N7O/c1-28-7-11(18(21,22)23)25-13(28)9-4-3-8(5-10(9)20)6-30-14-12(29(2)17(30)24)15(31)27-16(19)26-14/h3-5,7,24H,6H2,1-2H3,(H,26,27,31). The number of hydrogen-bond acceptors (Lipinski definition) is 4. The van der Waals surface area contributed by atoms with Gasteiger partial charge in [0.25, 0.3) is 5.56 Å². The number of H-pyrrole nitrogens is 1. The van der Waals surface area contributed by atoms with Crippen molar-refractivity contribution in [1.82, 2.24) is 28.7 Å². The van der Waals surface area contributed by atoms with Gasteiger partial charge in [-0.05, 0) is 29.3 Å². The first-order valence-electron chi connectivity index (χ1n) is 8.76. The summed E-state index contributed by atoms with van der Waals surface area (Å²) >= 11 is 5.82. The average molecular weight is 456 g/mol. The molecular formula is C18H14ClF4N7O. The molecule has 31 heavy (non-hydrogen) atoms.